The quantitative estimate of drug-likeness (QED) is 0.333. The summed E-state index contributed by atoms with van der Waals surface area (Å²) in [7, 11) is 0. The number of amides is 1. The van der Waals surface area contributed by atoms with Crippen molar-refractivity contribution in [3.8, 4) is 6.07 Å². The number of nitrogens with one attached hydrogen (secondary N) is 1. The molecule has 0 fully saturated rings. The van der Waals surface area contributed by atoms with Gasteiger partial charge < -0.3 is 11.1 Å². The van der Waals surface area contributed by atoms with E-state index in [9.17, 15) is 19.2 Å². The van der Waals surface area contributed by atoms with Crippen molar-refractivity contribution in [1.29, 1.82) is 5.26 Å². The number of hydrogen-bond donors (Lipinski definition) is 2. The summed E-state index contributed by atoms with van der Waals surface area (Å²) in [5.41, 5.74) is 8.00. The number of carbonyl (C=O) groups is 2. The molecule has 2 aliphatic rings. The number of hydrogen-bond acceptors (Lipinski definition) is 9. The molecule has 3 N–H and O–H groups in total. The van der Waals surface area contributed by atoms with Gasteiger partial charge in [0.1, 0.15) is 11.6 Å². The lowest BCUT2D eigenvalue weighted by molar-refractivity contribution is -0.118. The Hall–Kier alpha value is -3.72. The normalized spacial score (nSPS) is 18.4. The Kier molecular flexibility index (Phi) is 7.68. The third-order valence-electron chi connectivity index (χ3n) is 6.62. The number of Topliss-reactive ketones (excluding diaryl/α,β-unsaturated/α-hetero) is 1. The van der Waals surface area contributed by atoms with E-state index in [0.717, 1.165) is 0 Å². The number of thioether (sulfide) groups is 1. The number of benzene rings is 2. The summed E-state index contributed by atoms with van der Waals surface area (Å²) in [6, 6.07) is 15.1. The third kappa shape index (κ3) is 5.47. The molecule has 3 aromatic rings. The van der Waals surface area contributed by atoms with E-state index in [1.807, 2.05) is 13.8 Å². The monoisotopic (exact) mass is 594 g/mol. The Labute approximate surface area is 243 Å². The molecule has 1 aromatic heterocycles. The van der Waals surface area contributed by atoms with E-state index in [-0.39, 0.29) is 46.2 Å². The second kappa shape index (κ2) is 11.0. The number of ketones is 1. The van der Waals surface area contributed by atoms with Crippen LogP contribution in [0.15, 0.2) is 75.5 Å². The first-order valence-corrected chi connectivity index (χ1v) is 14.5. The largest absolute Gasteiger partial charge is 0.384 e. The average Bonchev–Trinajstić information content (AvgIpc) is 3.35. The Morgan fingerprint density at radius 1 is 1.27 bits per heavy atom. The number of anilines is 2. The summed E-state index contributed by atoms with van der Waals surface area (Å²) < 4.78 is 15.5. The summed E-state index contributed by atoms with van der Waals surface area (Å²) in [5.74, 6) is -1.70. The first-order valence-electron chi connectivity index (χ1n) is 12.3. The highest BCUT2D eigenvalue weighted by Crippen LogP contribution is 2.51. The Morgan fingerprint density at radius 3 is 2.77 bits per heavy atom. The van der Waals surface area contributed by atoms with Crippen LogP contribution in [0, 0.1) is 22.6 Å². The van der Waals surface area contributed by atoms with Crippen LogP contribution in [-0.2, 0) is 9.59 Å². The zero-order chi connectivity index (χ0) is 28.6. The van der Waals surface area contributed by atoms with E-state index in [2.05, 4.69) is 21.6 Å². The van der Waals surface area contributed by atoms with Crippen molar-refractivity contribution in [3.05, 3.63) is 87.6 Å². The van der Waals surface area contributed by atoms with E-state index in [1.165, 1.54) is 29.2 Å². The number of nitrogens with two attached hydrogens (primary N) is 1. The number of rotatable bonds is 6. The van der Waals surface area contributed by atoms with Crippen LogP contribution in [0.5, 0.6) is 0 Å². The van der Waals surface area contributed by atoms with Crippen molar-refractivity contribution < 1.29 is 14.0 Å². The van der Waals surface area contributed by atoms with Crippen LogP contribution in [-0.4, -0.2) is 27.6 Å². The fourth-order valence-electron chi connectivity index (χ4n) is 4.99. The number of carbonyl (C=O) groups excluding carboxylic acids is 2. The number of allylic oxidation sites excluding steroid dienone is 3. The number of halogens is 2. The van der Waals surface area contributed by atoms with Gasteiger partial charge >= 0.3 is 0 Å². The lowest BCUT2D eigenvalue weighted by Gasteiger charge is -2.42. The van der Waals surface area contributed by atoms with Crippen molar-refractivity contribution >= 4 is 57.2 Å². The summed E-state index contributed by atoms with van der Waals surface area (Å²) in [6.45, 7) is 3.95. The second-order valence-electron chi connectivity index (χ2n) is 10.2. The van der Waals surface area contributed by atoms with Crippen LogP contribution in [0.4, 0.5) is 15.2 Å². The van der Waals surface area contributed by atoms with Gasteiger partial charge in [0.15, 0.2) is 10.1 Å². The minimum absolute atomic E-state index is 0.0715. The standard InChI is InChI=1S/C28H24ClFN6O2S2/c1-28(2)11-20-24(21(37)12-28)23(17-8-3-4-9-19(17)30)18(13-31)25(32)36(20)26-34-35-27(40-26)39-14-22(38)33-16-7-5-6-15(29)10-16/h3-10,23H,11-12,14,32H2,1-2H3,(H,33,38). The predicted octanol–water partition coefficient (Wildman–Crippen LogP) is 6.00. The minimum Gasteiger partial charge on any atom is -0.384 e. The SMILES string of the molecule is CC1(C)CC(=O)C2=C(C1)N(c1nnc(SCC(=O)Nc3cccc(Cl)c3)s1)C(N)=C(C#N)C2c1ccccc1F. The van der Waals surface area contributed by atoms with Crippen LogP contribution in [0.2, 0.25) is 5.02 Å². The molecule has 1 aliphatic carbocycles. The highest BCUT2D eigenvalue weighted by atomic mass is 35.5. The zero-order valence-electron chi connectivity index (χ0n) is 21.6. The lowest BCUT2D eigenvalue weighted by Crippen LogP contribution is -2.42. The molecule has 8 nitrogen and oxygen atoms in total. The molecule has 0 bridgehead atoms. The van der Waals surface area contributed by atoms with Crippen molar-refractivity contribution in [2.75, 3.05) is 16.0 Å². The Morgan fingerprint density at radius 2 is 2.05 bits per heavy atom. The topological polar surface area (TPSA) is 125 Å². The van der Waals surface area contributed by atoms with Crippen LogP contribution >= 0.6 is 34.7 Å². The molecule has 0 radical (unpaired) electrons. The Balaban J connectivity index is 1.47. The van der Waals surface area contributed by atoms with Gasteiger partial charge in [-0.3, -0.25) is 14.5 Å². The molecule has 1 unspecified atom stereocenters. The van der Waals surface area contributed by atoms with Gasteiger partial charge in [0.05, 0.1) is 23.3 Å². The fourth-order valence-corrected chi connectivity index (χ4v) is 6.86. The molecule has 12 heteroatoms. The highest BCUT2D eigenvalue weighted by Gasteiger charge is 2.46. The highest BCUT2D eigenvalue weighted by molar-refractivity contribution is 8.01. The molecule has 1 aliphatic heterocycles. The van der Waals surface area contributed by atoms with Gasteiger partial charge in [-0.1, -0.05) is 72.8 Å². The summed E-state index contributed by atoms with van der Waals surface area (Å²) in [6.07, 6.45) is 0.713. The number of nitriles is 1. The second-order valence-corrected chi connectivity index (χ2v) is 12.8. The smallest absolute Gasteiger partial charge is 0.234 e. The van der Waals surface area contributed by atoms with Crippen molar-refractivity contribution in [2.24, 2.45) is 11.1 Å². The molecule has 1 atom stereocenters. The first kappa shape index (κ1) is 27.8. The number of aromatic nitrogens is 2. The van der Waals surface area contributed by atoms with E-state index in [4.69, 9.17) is 17.3 Å². The van der Waals surface area contributed by atoms with Crippen molar-refractivity contribution in [2.45, 2.75) is 36.9 Å². The van der Waals surface area contributed by atoms with Crippen LogP contribution in [0.3, 0.4) is 0 Å². The van der Waals surface area contributed by atoms with Gasteiger partial charge in [-0.2, -0.15) is 5.26 Å². The van der Waals surface area contributed by atoms with Crippen LogP contribution in [0.1, 0.15) is 38.2 Å². The van der Waals surface area contributed by atoms with Gasteiger partial charge in [-0.15, -0.1) is 10.2 Å². The maximum Gasteiger partial charge on any atom is 0.234 e. The van der Waals surface area contributed by atoms with Crippen molar-refractivity contribution in [1.82, 2.24) is 10.2 Å². The number of nitrogens with zero attached hydrogens (tertiary/aromatic N) is 4. The van der Waals surface area contributed by atoms with Gasteiger partial charge in [0, 0.05) is 34.0 Å². The molecule has 0 saturated carbocycles. The molecular formula is C28H24ClFN6O2S2. The summed E-state index contributed by atoms with van der Waals surface area (Å²) >= 11 is 8.36. The molecular weight excluding hydrogens is 571 g/mol. The van der Waals surface area contributed by atoms with Gasteiger partial charge in [0.2, 0.25) is 11.0 Å². The Bertz CT molecular complexity index is 1630. The van der Waals surface area contributed by atoms with E-state index >= 15 is 0 Å². The molecule has 40 heavy (non-hydrogen) atoms. The maximum absolute atomic E-state index is 15.0. The summed E-state index contributed by atoms with van der Waals surface area (Å²) in [5, 5.41) is 22.3. The first-order chi connectivity index (χ1) is 19.1. The van der Waals surface area contributed by atoms with Gasteiger partial charge in [0.25, 0.3) is 0 Å². The third-order valence-corrected chi connectivity index (χ3v) is 8.90. The molecule has 204 valence electrons. The van der Waals surface area contributed by atoms with Crippen molar-refractivity contribution in [3.63, 3.8) is 0 Å². The van der Waals surface area contributed by atoms with Crippen LogP contribution in [0.25, 0.3) is 0 Å². The molecule has 0 spiro atoms. The molecule has 0 saturated heterocycles. The zero-order valence-corrected chi connectivity index (χ0v) is 24.0. The van der Waals surface area contributed by atoms with Gasteiger partial charge in [-0.25, -0.2) is 4.39 Å². The summed E-state index contributed by atoms with van der Waals surface area (Å²) in [4.78, 5) is 27.6. The lowest BCUT2D eigenvalue weighted by atomic mass is 9.68. The predicted molar refractivity (Wildman–Crippen MR) is 154 cm³/mol. The van der Waals surface area contributed by atoms with E-state index in [0.29, 0.717) is 37.9 Å². The minimum atomic E-state index is -0.919. The average molecular weight is 595 g/mol. The van der Waals surface area contributed by atoms with Crippen LogP contribution < -0.4 is 16.0 Å². The van der Waals surface area contributed by atoms with Gasteiger partial charge in [-0.05, 0) is 36.1 Å². The fraction of sp³-hybridized carbons (Fsp3) is 0.250. The maximum atomic E-state index is 15.0. The molecule has 2 aromatic carbocycles. The molecule has 1 amide bonds. The van der Waals surface area contributed by atoms with E-state index < -0.39 is 11.7 Å². The molecule has 2 heterocycles. The van der Waals surface area contributed by atoms with E-state index in [1.54, 1.807) is 47.4 Å². The molecule has 5 rings (SSSR count).